The summed E-state index contributed by atoms with van der Waals surface area (Å²) in [6.45, 7) is 5.77. The van der Waals surface area contributed by atoms with Crippen LogP contribution < -0.4 is 5.32 Å². The lowest BCUT2D eigenvalue weighted by Crippen LogP contribution is -2.41. The predicted octanol–water partition coefficient (Wildman–Crippen LogP) is 2.96. The number of nitrogens with zero attached hydrogens (tertiary/aromatic N) is 1. The van der Waals surface area contributed by atoms with Crippen LogP contribution in [0.1, 0.15) is 43.6 Å². The number of hydrogen-bond acceptors (Lipinski definition) is 2. The van der Waals surface area contributed by atoms with Gasteiger partial charge in [0, 0.05) is 23.8 Å². The van der Waals surface area contributed by atoms with E-state index < -0.39 is 0 Å². The van der Waals surface area contributed by atoms with Gasteiger partial charge in [-0.1, -0.05) is 6.92 Å². The van der Waals surface area contributed by atoms with E-state index in [-0.39, 0.29) is 18.1 Å². The van der Waals surface area contributed by atoms with Gasteiger partial charge in [-0.2, -0.15) is 0 Å². The zero-order valence-electron chi connectivity index (χ0n) is 11.5. The Morgan fingerprint density at radius 1 is 1.68 bits per heavy atom. The lowest BCUT2D eigenvalue weighted by Gasteiger charge is -2.20. The summed E-state index contributed by atoms with van der Waals surface area (Å²) >= 11 is 3.43. The number of halogens is 1. The number of carbonyl (C=O) groups is 1. The zero-order chi connectivity index (χ0) is 13.8. The van der Waals surface area contributed by atoms with E-state index in [1.54, 1.807) is 0 Å². The van der Waals surface area contributed by atoms with E-state index in [4.69, 9.17) is 4.74 Å². The third-order valence-electron chi connectivity index (χ3n) is 3.44. The monoisotopic (exact) mass is 328 g/mol. The van der Waals surface area contributed by atoms with Crippen molar-refractivity contribution >= 4 is 21.8 Å². The second kappa shape index (κ2) is 6.57. The summed E-state index contributed by atoms with van der Waals surface area (Å²) in [5.74, 6) is -0.0258. The summed E-state index contributed by atoms with van der Waals surface area (Å²) in [5, 5.41) is 3.04. The summed E-state index contributed by atoms with van der Waals surface area (Å²) < 4.78 is 8.53. The summed E-state index contributed by atoms with van der Waals surface area (Å²) in [4.78, 5) is 12.3. The Morgan fingerprint density at radius 2 is 2.47 bits per heavy atom. The maximum atomic E-state index is 12.3. The molecule has 106 valence electrons. The first-order valence-electron chi connectivity index (χ1n) is 6.90. The lowest BCUT2D eigenvalue weighted by molar-refractivity contribution is 0.0707. The van der Waals surface area contributed by atoms with Gasteiger partial charge in [0.2, 0.25) is 0 Å². The number of amides is 1. The molecule has 1 N–H and O–H groups in total. The molecule has 1 aromatic rings. The van der Waals surface area contributed by atoms with Gasteiger partial charge in [-0.25, -0.2) is 0 Å². The minimum absolute atomic E-state index is 0.0258. The summed E-state index contributed by atoms with van der Waals surface area (Å²) in [5.41, 5.74) is 0.707. The van der Waals surface area contributed by atoms with Gasteiger partial charge >= 0.3 is 0 Å². The van der Waals surface area contributed by atoms with Crippen molar-refractivity contribution in [2.24, 2.45) is 0 Å². The van der Waals surface area contributed by atoms with Gasteiger partial charge < -0.3 is 14.6 Å². The molecular weight excluding hydrogens is 308 g/mol. The largest absolute Gasteiger partial charge is 0.376 e. The van der Waals surface area contributed by atoms with Gasteiger partial charge in [-0.15, -0.1) is 0 Å². The molecular formula is C14H21BrN2O2. The van der Waals surface area contributed by atoms with Crippen molar-refractivity contribution in [3.63, 3.8) is 0 Å². The van der Waals surface area contributed by atoms with E-state index in [1.165, 1.54) is 0 Å². The predicted molar refractivity (Wildman–Crippen MR) is 78.3 cm³/mol. The molecule has 4 nitrogen and oxygen atoms in total. The summed E-state index contributed by atoms with van der Waals surface area (Å²) in [6.07, 6.45) is 5.23. The Balaban J connectivity index is 2.02. The molecule has 19 heavy (non-hydrogen) atoms. The van der Waals surface area contributed by atoms with Crippen LogP contribution in [-0.2, 0) is 11.3 Å². The Labute approximate surface area is 122 Å². The standard InChI is InChI=1S/C14H21BrN2O2/c1-3-6-17-9-11(15)8-12(17)14(18)16-10(2)13-5-4-7-19-13/h8-10,13H,3-7H2,1-2H3,(H,16,18). The van der Waals surface area contributed by atoms with Gasteiger partial charge in [0.05, 0.1) is 12.1 Å². The van der Waals surface area contributed by atoms with Crippen LogP contribution in [0.15, 0.2) is 16.7 Å². The van der Waals surface area contributed by atoms with E-state index in [9.17, 15) is 4.79 Å². The maximum absolute atomic E-state index is 12.3. The summed E-state index contributed by atoms with van der Waals surface area (Å²) in [6, 6.07) is 1.92. The highest BCUT2D eigenvalue weighted by Gasteiger charge is 2.24. The molecule has 0 radical (unpaired) electrons. The van der Waals surface area contributed by atoms with Crippen molar-refractivity contribution in [1.29, 1.82) is 0 Å². The molecule has 2 unspecified atom stereocenters. The van der Waals surface area contributed by atoms with Gasteiger partial charge in [0.15, 0.2) is 0 Å². The fraction of sp³-hybridized carbons (Fsp3) is 0.643. The van der Waals surface area contributed by atoms with Crippen LogP contribution >= 0.6 is 15.9 Å². The average Bonchev–Trinajstić information content (AvgIpc) is 2.99. The lowest BCUT2D eigenvalue weighted by atomic mass is 10.1. The average molecular weight is 329 g/mol. The number of carbonyl (C=O) groups excluding carboxylic acids is 1. The van der Waals surface area contributed by atoms with E-state index in [0.29, 0.717) is 5.69 Å². The minimum Gasteiger partial charge on any atom is -0.376 e. The molecule has 1 fully saturated rings. The first kappa shape index (κ1) is 14.6. The molecule has 1 aromatic heterocycles. The second-order valence-electron chi connectivity index (χ2n) is 5.05. The van der Waals surface area contributed by atoms with E-state index in [2.05, 4.69) is 28.2 Å². The van der Waals surface area contributed by atoms with Gasteiger partial charge in [-0.05, 0) is 48.2 Å². The van der Waals surface area contributed by atoms with E-state index in [0.717, 1.165) is 36.9 Å². The number of aryl methyl sites for hydroxylation is 1. The normalized spacial score (nSPS) is 20.5. The quantitative estimate of drug-likeness (QED) is 0.903. The number of rotatable bonds is 5. The molecule has 1 saturated heterocycles. The highest BCUT2D eigenvalue weighted by atomic mass is 79.9. The second-order valence-corrected chi connectivity index (χ2v) is 5.97. The Kier molecular flexibility index (Phi) is 5.05. The Morgan fingerprint density at radius 3 is 3.11 bits per heavy atom. The number of ether oxygens (including phenoxy) is 1. The fourth-order valence-electron chi connectivity index (χ4n) is 2.46. The molecule has 0 saturated carbocycles. The topological polar surface area (TPSA) is 43.3 Å². The third kappa shape index (κ3) is 3.60. The number of aromatic nitrogens is 1. The van der Waals surface area contributed by atoms with Crippen molar-refractivity contribution in [3.05, 3.63) is 22.4 Å². The van der Waals surface area contributed by atoms with Crippen LogP contribution in [0.2, 0.25) is 0 Å². The third-order valence-corrected chi connectivity index (χ3v) is 3.88. The molecule has 1 amide bonds. The molecule has 1 aliphatic heterocycles. The minimum atomic E-state index is -0.0258. The van der Waals surface area contributed by atoms with Crippen LogP contribution in [0, 0.1) is 0 Å². The van der Waals surface area contributed by atoms with Crippen LogP contribution in [0.25, 0.3) is 0 Å². The molecule has 5 heteroatoms. The zero-order valence-corrected chi connectivity index (χ0v) is 13.1. The first-order valence-corrected chi connectivity index (χ1v) is 7.69. The Bertz CT molecular complexity index is 439. The van der Waals surface area contributed by atoms with Crippen LogP contribution in [0.4, 0.5) is 0 Å². The van der Waals surface area contributed by atoms with Crippen LogP contribution in [-0.4, -0.2) is 29.2 Å². The fourth-order valence-corrected chi connectivity index (χ4v) is 2.93. The molecule has 0 aliphatic carbocycles. The highest BCUT2D eigenvalue weighted by molar-refractivity contribution is 9.10. The molecule has 0 aromatic carbocycles. The van der Waals surface area contributed by atoms with E-state index in [1.807, 2.05) is 23.8 Å². The summed E-state index contributed by atoms with van der Waals surface area (Å²) in [7, 11) is 0. The SMILES string of the molecule is CCCn1cc(Br)cc1C(=O)NC(C)C1CCCO1. The first-order chi connectivity index (χ1) is 9.11. The molecule has 2 rings (SSSR count). The smallest absolute Gasteiger partial charge is 0.268 e. The molecule has 1 aliphatic rings. The number of nitrogens with one attached hydrogen (secondary N) is 1. The van der Waals surface area contributed by atoms with Crippen molar-refractivity contribution in [2.75, 3.05) is 6.61 Å². The van der Waals surface area contributed by atoms with Gasteiger partial charge in [0.25, 0.3) is 5.91 Å². The molecule has 0 spiro atoms. The van der Waals surface area contributed by atoms with Crippen LogP contribution in [0.3, 0.4) is 0 Å². The van der Waals surface area contributed by atoms with Crippen LogP contribution in [0.5, 0.6) is 0 Å². The van der Waals surface area contributed by atoms with Crippen molar-refractivity contribution < 1.29 is 9.53 Å². The molecule has 2 atom stereocenters. The van der Waals surface area contributed by atoms with Gasteiger partial charge in [0.1, 0.15) is 5.69 Å². The highest BCUT2D eigenvalue weighted by Crippen LogP contribution is 2.18. The molecule has 2 heterocycles. The van der Waals surface area contributed by atoms with Crippen molar-refractivity contribution in [2.45, 2.75) is 51.8 Å². The van der Waals surface area contributed by atoms with Crippen molar-refractivity contribution in [1.82, 2.24) is 9.88 Å². The maximum Gasteiger partial charge on any atom is 0.268 e. The molecule has 0 bridgehead atoms. The Hall–Kier alpha value is -0.810. The van der Waals surface area contributed by atoms with E-state index >= 15 is 0 Å². The van der Waals surface area contributed by atoms with Gasteiger partial charge in [-0.3, -0.25) is 4.79 Å². The number of hydrogen-bond donors (Lipinski definition) is 1. The van der Waals surface area contributed by atoms with Crippen molar-refractivity contribution in [3.8, 4) is 0 Å².